The molecule has 0 spiro atoms. The summed E-state index contributed by atoms with van der Waals surface area (Å²) in [6, 6.07) is 1.96. The van der Waals surface area contributed by atoms with E-state index in [2.05, 4.69) is 4.98 Å². The number of methoxy groups -OCH3 is 1. The lowest BCUT2D eigenvalue weighted by Crippen LogP contribution is -2.56. The molecule has 0 atom stereocenters. The molecule has 0 amide bonds. The van der Waals surface area contributed by atoms with Crippen molar-refractivity contribution >= 4 is 11.7 Å². The molecule has 2 heterocycles. The van der Waals surface area contributed by atoms with Crippen LogP contribution in [0.25, 0.3) is 0 Å². The first kappa shape index (κ1) is 11.0. The molecule has 2 rings (SSSR count). The largest absolute Gasteiger partial charge is 0.468 e. The van der Waals surface area contributed by atoms with E-state index in [9.17, 15) is 4.79 Å². The molecule has 0 aromatic carbocycles. The second kappa shape index (κ2) is 4.17. The van der Waals surface area contributed by atoms with Gasteiger partial charge in [-0.15, -0.1) is 0 Å². The van der Waals surface area contributed by atoms with Gasteiger partial charge in [-0.2, -0.15) is 0 Å². The van der Waals surface area contributed by atoms with Crippen molar-refractivity contribution in [2.75, 3.05) is 38.8 Å². The zero-order chi connectivity index (χ0) is 11.6. The quantitative estimate of drug-likeness (QED) is 0.763. The standard InChI is InChI=1S/C11H16N2O3/c1-13(9-3-4-12-5-9)6-11(7-16-8-11)10(14)15-2/h3-5,12H,6-8H2,1-2H3. The molecule has 16 heavy (non-hydrogen) atoms. The van der Waals surface area contributed by atoms with Crippen molar-refractivity contribution in [3.8, 4) is 0 Å². The lowest BCUT2D eigenvalue weighted by atomic mass is 9.85. The summed E-state index contributed by atoms with van der Waals surface area (Å²) in [5.41, 5.74) is 0.552. The Labute approximate surface area is 94.3 Å². The van der Waals surface area contributed by atoms with Gasteiger partial charge in [0.25, 0.3) is 0 Å². The van der Waals surface area contributed by atoms with Crippen molar-refractivity contribution in [3.63, 3.8) is 0 Å². The summed E-state index contributed by atoms with van der Waals surface area (Å²) >= 11 is 0. The van der Waals surface area contributed by atoms with E-state index in [0.717, 1.165) is 5.69 Å². The van der Waals surface area contributed by atoms with E-state index in [0.29, 0.717) is 19.8 Å². The van der Waals surface area contributed by atoms with Gasteiger partial charge in [0, 0.05) is 26.0 Å². The van der Waals surface area contributed by atoms with E-state index in [-0.39, 0.29) is 5.97 Å². The maximum absolute atomic E-state index is 11.7. The first-order valence-electron chi connectivity index (χ1n) is 5.18. The Morgan fingerprint density at radius 2 is 2.44 bits per heavy atom. The Morgan fingerprint density at radius 3 is 2.88 bits per heavy atom. The third-order valence-corrected chi connectivity index (χ3v) is 2.94. The van der Waals surface area contributed by atoms with Crippen molar-refractivity contribution in [2.45, 2.75) is 0 Å². The Kier molecular flexibility index (Phi) is 2.87. The van der Waals surface area contributed by atoms with Gasteiger partial charge in [0.05, 0.1) is 26.0 Å². The molecule has 88 valence electrons. The van der Waals surface area contributed by atoms with E-state index in [1.54, 1.807) is 0 Å². The average Bonchev–Trinajstić information content (AvgIpc) is 2.75. The lowest BCUT2D eigenvalue weighted by Gasteiger charge is -2.41. The van der Waals surface area contributed by atoms with Crippen LogP contribution in [0.4, 0.5) is 5.69 Å². The van der Waals surface area contributed by atoms with Crippen LogP contribution in [0.15, 0.2) is 18.5 Å². The van der Waals surface area contributed by atoms with Gasteiger partial charge in [-0.05, 0) is 6.07 Å². The summed E-state index contributed by atoms with van der Waals surface area (Å²) in [5, 5.41) is 0. The molecule has 1 fully saturated rings. The van der Waals surface area contributed by atoms with Crippen molar-refractivity contribution < 1.29 is 14.3 Å². The maximum Gasteiger partial charge on any atom is 0.318 e. The molecule has 1 aromatic rings. The molecule has 1 aliphatic heterocycles. The second-order valence-electron chi connectivity index (χ2n) is 4.19. The number of hydrogen-bond donors (Lipinski definition) is 1. The summed E-state index contributed by atoms with van der Waals surface area (Å²) < 4.78 is 9.97. The number of carbonyl (C=O) groups is 1. The van der Waals surface area contributed by atoms with Crippen molar-refractivity contribution in [2.24, 2.45) is 5.41 Å². The number of H-pyrrole nitrogens is 1. The first-order chi connectivity index (χ1) is 7.68. The summed E-state index contributed by atoms with van der Waals surface area (Å²) in [5.74, 6) is -0.193. The minimum atomic E-state index is -0.499. The third kappa shape index (κ3) is 1.78. The second-order valence-corrected chi connectivity index (χ2v) is 4.19. The predicted octanol–water partition coefficient (Wildman–Crippen LogP) is 0.640. The normalized spacial score (nSPS) is 17.6. The number of rotatable bonds is 4. The van der Waals surface area contributed by atoms with E-state index in [4.69, 9.17) is 9.47 Å². The van der Waals surface area contributed by atoms with Crippen molar-refractivity contribution in [3.05, 3.63) is 18.5 Å². The minimum Gasteiger partial charge on any atom is -0.468 e. The van der Waals surface area contributed by atoms with Gasteiger partial charge in [-0.1, -0.05) is 0 Å². The SMILES string of the molecule is COC(=O)C1(CN(C)c2cc[nH]c2)COC1. The first-order valence-corrected chi connectivity index (χ1v) is 5.18. The fourth-order valence-corrected chi connectivity index (χ4v) is 1.94. The van der Waals surface area contributed by atoms with Gasteiger partial charge in [0.2, 0.25) is 0 Å². The molecule has 5 nitrogen and oxygen atoms in total. The number of aromatic nitrogens is 1. The van der Waals surface area contributed by atoms with Gasteiger partial charge in [-0.3, -0.25) is 4.79 Å². The molecular formula is C11H16N2O3. The maximum atomic E-state index is 11.7. The molecule has 1 saturated heterocycles. The highest BCUT2D eigenvalue weighted by Gasteiger charge is 2.48. The van der Waals surface area contributed by atoms with Crippen LogP contribution < -0.4 is 4.90 Å². The minimum absolute atomic E-state index is 0.193. The van der Waals surface area contributed by atoms with Crippen LogP contribution in [0.1, 0.15) is 0 Å². The molecule has 0 radical (unpaired) electrons. The fraction of sp³-hybridized carbons (Fsp3) is 0.545. The lowest BCUT2D eigenvalue weighted by molar-refractivity contribution is -0.180. The van der Waals surface area contributed by atoms with Crippen LogP contribution >= 0.6 is 0 Å². The van der Waals surface area contributed by atoms with Gasteiger partial charge in [0.1, 0.15) is 5.41 Å². The van der Waals surface area contributed by atoms with Gasteiger partial charge >= 0.3 is 5.97 Å². The van der Waals surface area contributed by atoms with Gasteiger partial charge in [0.15, 0.2) is 0 Å². The predicted molar refractivity (Wildman–Crippen MR) is 59.3 cm³/mol. The van der Waals surface area contributed by atoms with Crippen LogP contribution in [0.5, 0.6) is 0 Å². The Balaban J connectivity index is 2.05. The van der Waals surface area contributed by atoms with Crippen LogP contribution in [0.3, 0.4) is 0 Å². The molecule has 0 bridgehead atoms. The van der Waals surface area contributed by atoms with Crippen LogP contribution in [-0.4, -0.2) is 44.9 Å². The number of hydrogen-bond acceptors (Lipinski definition) is 4. The molecular weight excluding hydrogens is 208 g/mol. The molecule has 0 unspecified atom stereocenters. The topological polar surface area (TPSA) is 54.6 Å². The molecule has 5 heteroatoms. The van der Waals surface area contributed by atoms with E-state index in [1.807, 2.05) is 30.4 Å². The van der Waals surface area contributed by atoms with Crippen LogP contribution in [0, 0.1) is 5.41 Å². The number of carbonyl (C=O) groups excluding carboxylic acids is 1. The Morgan fingerprint density at radius 1 is 1.69 bits per heavy atom. The summed E-state index contributed by atoms with van der Waals surface area (Å²) in [7, 11) is 3.37. The molecule has 1 aromatic heterocycles. The highest BCUT2D eigenvalue weighted by atomic mass is 16.5. The number of ether oxygens (including phenoxy) is 2. The van der Waals surface area contributed by atoms with Crippen molar-refractivity contribution in [1.29, 1.82) is 0 Å². The van der Waals surface area contributed by atoms with Crippen LogP contribution in [-0.2, 0) is 14.3 Å². The molecule has 0 saturated carbocycles. The van der Waals surface area contributed by atoms with Gasteiger partial charge < -0.3 is 19.4 Å². The fourth-order valence-electron chi connectivity index (χ4n) is 1.94. The zero-order valence-electron chi connectivity index (χ0n) is 9.53. The average molecular weight is 224 g/mol. The molecule has 0 aliphatic carbocycles. The third-order valence-electron chi connectivity index (χ3n) is 2.94. The highest BCUT2D eigenvalue weighted by Crippen LogP contribution is 2.31. The summed E-state index contributed by atoms with van der Waals surface area (Å²) in [6.07, 6.45) is 3.75. The van der Waals surface area contributed by atoms with E-state index in [1.165, 1.54) is 7.11 Å². The Bertz CT molecular complexity index is 357. The summed E-state index contributed by atoms with van der Waals surface area (Å²) in [6.45, 7) is 1.49. The number of aromatic amines is 1. The molecule has 1 N–H and O–H groups in total. The van der Waals surface area contributed by atoms with E-state index >= 15 is 0 Å². The number of nitrogens with zero attached hydrogens (tertiary/aromatic N) is 1. The van der Waals surface area contributed by atoms with Crippen LogP contribution in [0.2, 0.25) is 0 Å². The highest BCUT2D eigenvalue weighted by molar-refractivity contribution is 5.79. The van der Waals surface area contributed by atoms with Gasteiger partial charge in [-0.25, -0.2) is 0 Å². The van der Waals surface area contributed by atoms with Crippen molar-refractivity contribution in [1.82, 2.24) is 4.98 Å². The monoisotopic (exact) mass is 224 g/mol. The Hall–Kier alpha value is -1.49. The smallest absolute Gasteiger partial charge is 0.318 e. The molecule has 1 aliphatic rings. The number of anilines is 1. The summed E-state index contributed by atoms with van der Waals surface area (Å²) in [4.78, 5) is 16.7. The number of esters is 1. The number of nitrogens with one attached hydrogen (secondary N) is 1. The zero-order valence-corrected chi connectivity index (χ0v) is 9.53. The van der Waals surface area contributed by atoms with E-state index < -0.39 is 5.41 Å².